The summed E-state index contributed by atoms with van der Waals surface area (Å²) < 4.78 is 5.99. The zero-order chi connectivity index (χ0) is 25.2. The van der Waals surface area contributed by atoms with Gasteiger partial charge in [0.1, 0.15) is 17.8 Å². The highest BCUT2D eigenvalue weighted by Gasteiger charge is 2.48. The van der Waals surface area contributed by atoms with Crippen LogP contribution in [0.3, 0.4) is 0 Å². The summed E-state index contributed by atoms with van der Waals surface area (Å²) >= 11 is 0. The molecule has 0 bridgehead atoms. The first kappa shape index (κ1) is 24.4. The van der Waals surface area contributed by atoms with Crippen LogP contribution in [0.2, 0.25) is 0 Å². The first-order valence-corrected chi connectivity index (χ1v) is 13.2. The minimum atomic E-state index is -0.522. The van der Waals surface area contributed by atoms with E-state index in [4.69, 9.17) is 4.74 Å². The maximum absolute atomic E-state index is 13.9. The van der Waals surface area contributed by atoms with Crippen LogP contribution in [-0.2, 0) is 16.0 Å². The molecule has 190 valence electrons. The summed E-state index contributed by atoms with van der Waals surface area (Å²) in [4.78, 5) is 37.1. The fourth-order valence-corrected chi connectivity index (χ4v) is 5.86. The smallest absolute Gasteiger partial charge is 0.246 e. The number of amides is 2. The molecule has 1 fully saturated rings. The van der Waals surface area contributed by atoms with Gasteiger partial charge in [0.2, 0.25) is 11.8 Å². The van der Waals surface area contributed by atoms with Crippen molar-refractivity contribution < 1.29 is 14.3 Å². The fourth-order valence-electron chi connectivity index (χ4n) is 5.86. The van der Waals surface area contributed by atoms with E-state index in [-0.39, 0.29) is 18.4 Å². The van der Waals surface area contributed by atoms with Crippen molar-refractivity contribution in [3.63, 3.8) is 0 Å². The van der Waals surface area contributed by atoms with Gasteiger partial charge in [0.05, 0.1) is 13.2 Å². The van der Waals surface area contributed by atoms with Crippen molar-refractivity contribution in [1.29, 1.82) is 0 Å². The van der Waals surface area contributed by atoms with E-state index in [1.165, 1.54) is 0 Å². The summed E-state index contributed by atoms with van der Waals surface area (Å²) in [6.45, 7) is 10.4. The van der Waals surface area contributed by atoms with Crippen LogP contribution in [0.4, 0.5) is 0 Å². The third-order valence-electron chi connectivity index (χ3n) is 7.65. The number of H-pyrrole nitrogens is 1. The Morgan fingerprint density at radius 3 is 2.56 bits per heavy atom. The van der Waals surface area contributed by atoms with Crippen LogP contribution in [0.15, 0.2) is 48.5 Å². The van der Waals surface area contributed by atoms with E-state index in [9.17, 15) is 9.59 Å². The minimum Gasteiger partial charge on any atom is -0.494 e. The number of benzene rings is 2. The van der Waals surface area contributed by atoms with Gasteiger partial charge in [-0.2, -0.15) is 0 Å². The van der Waals surface area contributed by atoms with E-state index in [1.807, 2.05) is 48.2 Å². The quantitative estimate of drug-likeness (QED) is 0.495. The molecule has 0 aliphatic carbocycles. The molecule has 2 amide bonds. The molecule has 1 unspecified atom stereocenters. The Kier molecular flexibility index (Phi) is 7.01. The molecule has 7 nitrogen and oxygen atoms in total. The van der Waals surface area contributed by atoms with E-state index >= 15 is 0 Å². The van der Waals surface area contributed by atoms with Crippen molar-refractivity contribution >= 4 is 22.7 Å². The monoisotopic (exact) mass is 488 g/mol. The molecule has 3 heterocycles. The van der Waals surface area contributed by atoms with Crippen molar-refractivity contribution in [2.45, 2.75) is 45.7 Å². The minimum absolute atomic E-state index is 0.0111. The van der Waals surface area contributed by atoms with Crippen molar-refractivity contribution in [3.8, 4) is 5.75 Å². The number of carbonyl (C=O) groups is 2. The zero-order valence-corrected chi connectivity index (χ0v) is 21.5. The number of ether oxygens (including phenoxy) is 1. The lowest BCUT2D eigenvalue weighted by molar-refractivity contribution is -0.158. The topological polar surface area (TPSA) is 68.9 Å². The van der Waals surface area contributed by atoms with Crippen molar-refractivity contribution in [3.05, 3.63) is 65.4 Å². The Morgan fingerprint density at radius 2 is 1.78 bits per heavy atom. The van der Waals surface area contributed by atoms with E-state index in [0.717, 1.165) is 59.5 Å². The van der Waals surface area contributed by atoms with Gasteiger partial charge in [0.25, 0.3) is 0 Å². The maximum atomic E-state index is 13.9. The molecule has 7 heteroatoms. The molecule has 0 radical (unpaired) electrons. The number of carbonyl (C=O) groups excluding carboxylic acids is 2. The average Bonchev–Trinajstić information content (AvgIpc) is 3.27. The Labute approximate surface area is 213 Å². The van der Waals surface area contributed by atoms with Gasteiger partial charge in [-0.15, -0.1) is 0 Å². The first-order chi connectivity index (χ1) is 17.6. The van der Waals surface area contributed by atoms with E-state index in [2.05, 4.69) is 35.9 Å². The third kappa shape index (κ3) is 4.26. The molecule has 1 saturated heterocycles. The second-order valence-corrected chi connectivity index (χ2v) is 9.60. The number of aromatic amines is 1. The number of rotatable bonds is 9. The molecular formula is C29H36N4O3. The van der Waals surface area contributed by atoms with Crippen molar-refractivity contribution in [2.75, 3.05) is 39.3 Å². The van der Waals surface area contributed by atoms with Gasteiger partial charge in [-0.25, -0.2) is 0 Å². The molecule has 0 spiro atoms. The van der Waals surface area contributed by atoms with Gasteiger partial charge in [-0.05, 0) is 50.7 Å². The largest absolute Gasteiger partial charge is 0.494 e. The normalized spacial score (nSPS) is 19.7. The third-order valence-corrected chi connectivity index (χ3v) is 7.65. The molecule has 2 aliphatic rings. The second kappa shape index (κ2) is 10.3. The predicted molar refractivity (Wildman–Crippen MR) is 141 cm³/mol. The Balaban J connectivity index is 1.54. The number of hydrogen-bond donors (Lipinski definition) is 1. The molecule has 2 aromatic carbocycles. The lowest BCUT2D eigenvalue weighted by Crippen LogP contribution is -2.63. The number of nitrogens with one attached hydrogen (secondary N) is 1. The lowest BCUT2D eigenvalue weighted by atomic mass is 9.86. The highest BCUT2D eigenvalue weighted by molar-refractivity contribution is 5.97. The van der Waals surface area contributed by atoms with Crippen molar-refractivity contribution in [1.82, 2.24) is 19.7 Å². The van der Waals surface area contributed by atoms with Gasteiger partial charge < -0.3 is 24.4 Å². The number of fused-ring (bicyclic) bond motifs is 4. The van der Waals surface area contributed by atoms with Crippen LogP contribution in [-0.4, -0.2) is 76.9 Å². The predicted octanol–water partition coefficient (Wildman–Crippen LogP) is 3.98. The van der Waals surface area contributed by atoms with Crippen LogP contribution >= 0.6 is 0 Å². The summed E-state index contributed by atoms with van der Waals surface area (Å²) in [6, 6.07) is 15.1. The molecule has 36 heavy (non-hydrogen) atoms. The van der Waals surface area contributed by atoms with Crippen LogP contribution < -0.4 is 4.74 Å². The maximum Gasteiger partial charge on any atom is 0.246 e. The van der Waals surface area contributed by atoms with Crippen LogP contribution in [0.5, 0.6) is 5.75 Å². The fraction of sp³-hybridized carbons (Fsp3) is 0.448. The second-order valence-electron chi connectivity index (χ2n) is 9.60. The number of piperazine rings is 1. The molecule has 0 saturated carbocycles. The van der Waals surface area contributed by atoms with Crippen LogP contribution in [0.25, 0.3) is 10.9 Å². The Bertz CT molecular complexity index is 1250. The zero-order valence-electron chi connectivity index (χ0n) is 21.5. The highest BCUT2D eigenvalue weighted by atomic mass is 16.5. The molecular weight excluding hydrogens is 452 g/mol. The summed E-state index contributed by atoms with van der Waals surface area (Å²) in [5, 5.41) is 1.12. The highest BCUT2D eigenvalue weighted by Crippen LogP contribution is 2.44. The molecule has 3 aromatic rings. The summed E-state index contributed by atoms with van der Waals surface area (Å²) in [5.74, 6) is 0.782. The molecule has 1 aromatic heterocycles. The summed E-state index contributed by atoms with van der Waals surface area (Å²) in [5.41, 5.74) is 4.04. The van der Waals surface area contributed by atoms with Crippen LogP contribution in [0.1, 0.15) is 50.1 Å². The molecule has 2 aliphatic heterocycles. The number of aromatic nitrogens is 1. The van der Waals surface area contributed by atoms with Gasteiger partial charge in [-0.1, -0.05) is 50.2 Å². The van der Waals surface area contributed by atoms with Gasteiger partial charge in [0, 0.05) is 35.1 Å². The number of nitrogens with zero attached hydrogens (tertiary/aromatic N) is 3. The first-order valence-electron chi connectivity index (χ1n) is 13.2. The van der Waals surface area contributed by atoms with Crippen molar-refractivity contribution in [2.24, 2.45) is 0 Å². The van der Waals surface area contributed by atoms with Crippen LogP contribution in [0, 0.1) is 0 Å². The molecule has 5 rings (SSSR count). The Morgan fingerprint density at radius 1 is 1.03 bits per heavy atom. The van der Waals surface area contributed by atoms with Gasteiger partial charge in [-0.3, -0.25) is 9.59 Å². The summed E-state index contributed by atoms with van der Waals surface area (Å²) in [7, 11) is 0. The summed E-state index contributed by atoms with van der Waals surface area (Å²) in [6.07, 6.45) is 1.38. The standard InChI is InChI=1S/C29H36N4O3/c1-4-31(5-2)16-11-17-32-19-26(34)33-24(29(32)35)18-22-20-12-7-9-14-23(20)30-27(22)28(33)21-13-8-10-15-25(21)36-6-3/h7-10,12-15,24,28,30H,4-6,11,16-19H2,1-3H3/t24-,28?/m0/s1. The van der Waals surface area contributed by atoms with E-state index < -0.39 is 12.1 Å². The van der Waals surface area contributed by atoms with Gasteiger partial charge >= 0.3 is 0 Å². The Hall–Kier alpha value is -3.32. The average molecular weight is 489 g/mol. The van der Waals surface area contributed by atoms with Gasteiger partial charge in [0.15, 0.2) is 0 Å². The number of hydrogen-bond acceptors (Lipinski definition) is 4. The van der Waals surface area contributed by atoms with E-state index in [1.54, 1.807) is 4.90 Å². The SMILES string of the molecule is CCOc1ccccc1C1c2[nH]c3ccccc3c2C[C@H]2C(=O)N(CCCN(CC)CC)CC(=O)N12. The van der Waals surface area contributed by atoms with E-state index in [0.29, 0.717) is 19.6 Å². The lowest BCUT2D eigenvalue weighted by Gasteiger charge is -2.47. The number of para-hydroxylation sites is 2. The molecule has 1 N–H and O–H groups in total. The molecule has 2 atom stereocenters.